The number of thiocarbonyl (C=S) groups is 1. The predicted molar refractivity (Wildman–Crippen MR) is 83.3 cm³/mol. The number of rotatable bonds is 4. The summed E-state index contributed by atoms with van der Waals surface area (Å²) in [5.41, 5.74) is 8.28. The molecule has 0 radical (unpaired) electrons. The van der Waals surface area contributed by atoms with Crippen LogP contribution < -0.4 is 10.5 Å². The van der Waals surface area contributed by atoms with E-state index in [9.17, 15) is 0 Å². The molecule has 0 aliphatic carbocycles. The molecule has 2 N–H and O–H groups in total. The fraction of sp³-hybridized carbons (Fsp3) is 0.143. The van der Waals surface area contributed by atoms with Gasteiger partial charge in [-0.15, -0.1) is 0 Å². The van der Waals surface area contributed by atoms with E-state index in [0.717, 1.165) is 21.3 Å². The average Bonchev–Trinajstić information content (AvgIpc) is 2.37. The molecule has 1 heterocycles. The largest absolute Gasteiger partial charge is 0.473 e. The van der Waals surface area contributed by atoms with Crippen LogP contribution in [0.5, 0.6) is 5.88 Å². The lowest BCUT2D eigenvalue weighted by Gasteiger charge is -2.09. The molecule has 2 aromatic rings. The van der Waals surface area contributed by atoms with Gasteiger partial charge in [-0.05, 0) is 19.1 Å². The second kappa shape index (κ2) is 6.12. The highest BCUT2D eigenvalue weighted by molar-refractivity contribution is 9.10. The smallest absolute Gasteiger partial charge is 0.214 e. The normalized spacial score (nSPS) is 10.2. The van der Waals surface area contributed by atoms with Gasteiger partial charge in [-0.1, -0.05) is 46.3 Å². The van der Waals surface area contributed by atoms with Crippen LogP contribution in [0.1, 0.15) is 16.8 Å². The molecule has 2 rings (SSSR count). The number of nitrogens with two attached hydrogens (primary N) is 1. The molecule has 0 saturated carbocycles. The molecule has 0 aliphatic rings. The zero-order valence-corrected chi connectivity index (χ0v) is 12.8. The first-order chi connectivity index (χ1) is 9.06. The van der Waals surface area contributed by atoms with Crippen LogP contribution in [0.4, 0.5) is 0 Å². The maximum Gasteiger partial charge on any atom is 0.214 e. The molecule has 19 heavy (non-hydrogen) atoms. The third-order valence-electron chi connectivity index (χ3n) is 2.55. The Morgan fingerprint density at radius 1 is 1.37 bits per heavy atom. The number of halogens is 1. The number of benzene rings is 1. The van der Waals surface area contributed by atoms with E-state index in [0.29, 0.717) is 17.5 Å². The first-order valence-electron chi connectivity index (χ1n) is 5.71. The fourth-order valence-electron chi connectivity index (χ4n) is 1.62. The highest BCUT2D eigenvalue weighted by Crippen LogP contribution is 2.19. The van der Waals surface area contributed by atoms with E-state index in [1.165, 1.54) is 0 Å². The lowest BCUT2D eigenvalue weighted by atomic mass is 10.2. The maximum absolute atomic E-state index is 5.69. The summed E-state index contributed by atoms with van der Waals surface area (Å²) in [4.78, 5) is 4.65. The molecule has 0 unspecified atom stereocenters. The van der Waals surface area contributed by atoms with Crippen molar-refractivity contribution in [1.82, 2.24) is 4.98 Å². The highest BCUT2D eigenvalue weighted by atomic mass is 79.9. The van der Waals surface area contributed by atoms with E-state index in [1.54, 1.807) is 6.07 Å². The van der Waals surface area contributed by atoms with E-state index in [-0.39, 0.29) is 0 Å². The van der Waals surface area contributed by atoms with E-state index in [4.69, 9.17) is 22.7 Å². The van der Waals surface area contributed by atoms with Crippen molar-refractivity contribution in [3.63, 3.8) is 0 Å². The second-order valence-corrected chi connectivity index (χ2v) is 5.37. The predicted octanol–water partition coefficient (Wildman–Crippen LogP) is 3.37. The van der Waals surface area contributed by atoms with E-state index in [2.05, 4.69) is 20.9 Å². The Morgan fingerprint density at radius 2 is 2.11 bits per heavy atom. The Bertz CT molecular complexity index is 616. The Balaban J connectivity index is 2.16. The maximum atomic E-state index is 5.69. The number of hydrogen-bond donors (Lipinski definition) is 1. The number of ether oxygens (including phenoxy) is 1. The summed E-state index contributed by atoms with van der Waals surface area (Å²) in [5, 5.41) is 0. The third kappa shape index (κ3) is 3.75. The van der Waals surface area contributed by atoms with Gasteiger partial charge in [-0.25, -0.2) is 4.98 Å². The van der Waals surface area contributed by atoms with Crippen LogP contribution >= 0.6 is 28.1 Å². The third-order valence-corrected chi connectivity index (χ3v) is 3.56. The molecular formula is C14H13BrN2OS. The zero-order valence-electron chi connectivity index (χ0n) is 10.4. The van der Waals surface area contributed by atoms with Crippen LogP contribution in [-0.4, -0.2) is 9.97 Å². The number of aryl methyl sites for hydroxylation is 1. The molecule has 0 atom stereocenters. The summed E-state index contributed by atoms with van der Waals surface area (Å²) in [6, 6.07) is 11.5. The number of hydrogen-bond acceptors (Lipinski definition) is 3. The van der Waals surface area contributed by atoms with Crippen molar-refractivity contribution in [1.29, 1.82) is 0 Å². The SMILES string of the molecule is Cc1cc(C(N)=S)cc(OCc2ccccc2Br)n1. The van der Waals surface area contributed by atoms with Crippen LogP contribution in [-0.2, 0) is 6.61 Å². The Kier molecular flexibility index (Phi) is 4.50. The number of nitrogens with zero attached hydrogens (tertiary/aromatic N) is 1. The molecule has 0 fully saturated rings. The van der Waals surface area contributed by atoms with Crippen LogP contribution in [0.25, 0.3) is 0 Å². The summed E-state index contributed by atoms with van der Waals surface area (Å²) >= 11 is 8.45. The molecule has 1 aromatic carbocycles. The molecular weight excluding hydrogens is 324 g/mol. The van der Waals surface area contributed by atoms with Crippen molar-refractivity contribution >= 4 is 33.1 Å². The molecule has 5 heteroatoms. The highest BCUT2D eigenvalue weighted by Gasteiger charge is 2.05. The molecule has 0 aliphatic heterocycles. The van der Waals surface area contributed by atoms with Gasteiger partial charge in [0, 0.05) is 27.4 Å². The van der Waals surface area contributed by atoms with Gasteiger partial charge < -0.3 is 10.5 Å². The minimum atomic E-state index is 0.344. The molecule has 0 spiro atoms. The summed E-state index contributed by atoms with van der Waals surface area (Å²) in [7, 11) is 0. The van der Waals surface area contributed by atoms with Gasteiger partial charge in [0.15, 0.2) is 0 Å². The van der Waals surface area contributed by atoms with Crippen LogP contribution in [0.2, 0.25) is 0 Å². The van der Waals surface area contributed by atoms with Crippen molar-refractivity contribution in [3.8, 4) is 5.88 Å². The first kappa shape index (κ1) is 14.0. The first-order valence-corrected chi connectivity index (χ1v) is 6.91. The van der Waals surface area contributed by atoms with Gasteiger partial charge in [0.05, 0.1) is 0 Å². The Morgan fingerprint density at radius 3 is 2.79 bits per heavy atom. The van der Waals surface area contributed by atoms with Gasteiger partial charge in [0.1, 0.15) is 11.6 Å². The second-order valence-electron chi connectivity index (χ2n) is 4.08. The molecule has 0 saturated heterocycles. The van der Waals surface area contributed by atoms with Gasteiger partial charge in [0.25, 0.3) is 0 Å². The lowest BCUT2D eigenvalue weighted by Crippen LogP contribution is -2.10. The van der Waals surface area contributed by atoms with Crippen molar-refractivity contribution in [2.45, 2.75) is 13.5 Å². The molecule has 1 aromatic heterocycles. The lowest BCUT2D eigenvalue weighted by molar-refractivity contribution is 0.292. The molecule has 0 bridgehead atoms. The van der Waals surface area contributed by atoms with Crippen LogP contribution in [0.15, 0.2) is 40.9 Å². The quantitative estimate of drug-likeness (QED) is 0.869. The monoisotopic (exact) mass is 336 g/mol. The zero-order chi connectivity index (χ0) is 13.8. The van der Waals surface area contributed by atoms with Crippen molar-refractivity contribution in [2.24, 2.45) is 5.73 Å². The Labute approximate surface area is 125 Å². The van der Waals surface area contributed by atoms with Crippen LogP contribution in [0, 0.1) is 6.92 Å². The topological polar surface area (TPSA) is 48.1 Å². The van der Waals surface area contributed by atoms with Crippen LogP contribution in [0.3, 0.4) is 0 Å². The van der Waals surface area contributed by atoms with E-state index < -0.39 is 0 Å². The van der Waals surface area contributed by atoms with Gasteiger partial charge in [-0.2, -0.15) is 0 Å². The average molecular weight is 337 g/mol. The van der Waals surface area contributed by atoms with Crippen molar-refractivity contribution in [2.75, 3.05) is 0 Å². The number of pyridine rings is 1. The van der Waals surface area contributed by atoms with Gasteiger partial charge in [0.2, 0.25) is 5.88 Å². The molecule has 0 amide bonds. The fourth-order valence-corrected chi connectivity index (χ4v) is 2.14. The Hall–Kier alpha value is -1.46. The minimum absolute atomic E-state index is 0.344. The standard InChI is InChI=1S/C14H13BrN2OS/c1-9-6-11(14(16)19)7-13(17-9)18-8-10-4-2-3-5-12(10)15/h2-7H,8H2,1H3,(H2,16,19). The van der Waals surface area contributed by atoms with Gasteiger partial charge in [-0.3, -0.25) is 0 Å². The molecule has 3 nitrogen and oxygen atoms in total. The summed E-state index contributed by atoms with van der Waals surface area (Å²) in [6.07, 6.45) is 0. The van der Waals surface area contributed by atoms with Crippen molar-refractivity contribution < 1.29 is 4.74 Å². The van der Waals surface area contributed by atoms with E-state index >= 15 is 0 Å². The molecule has 98 valence electrons. The van der Waals surface area contributed by atoms with Crippen molar-refractivity contribution in [3.05, 3.63) is 57.7 Å². The summed E-state index contributed by atoms with van der Waals surface area (Å²) in [5.74, 6) is 0.526. The number of aromatic nitrogens is 1. The summed E-state index contributed by atoms with van der Waals surface area (Å²) in [6.45, 7) is 2.32. The van der Waals surface area contributed by atoms with E-state index in [1.807, 2.05) is 37.3 Å². The minimum Gasteiger partial charge on any atom is -0.473 e. The van der Waals surface area contributed by atoms with Gasteiger partial charge >= 0.3 is 0 Å². The summed E-state index contributed by atoms with van der Waals surface area (Å²) < 4.78 is 6.70.